The van der Waals surface area contributed by atoms with Crippen LogP contribution < -0.4 is 5.32 Å². The second-order valence-electron chi connectivity index (χ2n) is 5.17. The van der Waals surface area contributed by atoms with Crippen molar-refractivity contribution in [2.24, 2.45) is 0 Å². The standard InChI is InChI=1S/C14H18N2/c1-14(6-2-7-14)16-10-11-3-4-13-12(9-11)5-8-15-13/h3-5,8-9,15-16H,2,6-7,10H2,1H3. The molecule has 3 rings (SSSR count). The van der Waals surface area contributed by atoms with E-state index in [1.807, 2.05) is 6.20 Å². The van der Waals surface area contributed by atoms with Gasteiger partial charge in [-0.05, 0) is 55.3 Å². The Bertz CT molecular complexity index is 494. The van der Waals surface area contributed by atoms with Crippen LogP contribution in [0.3, 0.4) is 0 Å². The SMILES string of the molecule is CC1(NCc2ccc3[nH]ccc3c2)CCC1. The van der Waals surface area contributed by atoms with Crippen LogP contribution in [-0.2, 0) is 6.54 Å². The van der Waals surface area contributed by atoms with Gasteiger partial charge in [0.05, 0.1) is 0 Å². The summed E-state index contributed by atoms with van der Waals surface area (Å²) >= 11 is 0. The molecule has 0 atom stereocenters. The van der Waals surface area contributed by atoms with E-state index in [0.717, 1.165) is 6.54 Å². The molecule has 0 spiro atoms. The predicted octanol–water partition coefficient (Wildman–Crippen LogP) is 3.20. The number of hydrogen-bond donors (Lipinski definition) is 2. The molecule has 1 aliphatic carbocycles. The van der Waals surface area contributed by atoms with Gasteiger partial charge in [0.1, 0.15) is 0 Å². The average Bonchev–Trinajstić information content (AvgIpc) is 2.70. The quantitative estimate of drug-likeness (QED) is 0.806. The maximum Gasteiger partial charge on any atom is 0.0454 e. The molecular weight excluding hydrogens is 196 g/mol. The van der Waals surface area contributed by atoms with E-state index in [0.29, 0.717) is 5.54 Å². The molecule has 2 nitrogen and oxygen atoms in total. The van der Waals surface area contributed by atoms with Crippen molar-refractivity contribution in [3.63, 3.8) is 0 Å². The first-order chi connectivity index (χ1) is 7.75. The van der Waals surface area contributed by atoms with Gasteiger partial charge in [0.15, 0.2) is 0 Å². The lowest BCUT2D eigenvalue weighted by atomic mass is 9.78. The molecule has 0 saturated heterocycles. The summed E-state index contributed by atoms with van der Waals surface area (Å²) in [6.07, 6.45) is 6.01. The molecule has 0 radical (unpaired) electrons. The molecule has 0 unspecified atom stereocenters. The van der Waals surface area contributed by atoms with Crippen molar-refractivity contribution in [3.05, 3.63) is 36.0 Å². The third-order valence-corrected chi connectivity index (χ3v) is 3.79. The molecule has 2 aromatic rings. The van der Waals surface area contributed by atoms with Gasteiger partial charge >= 0.3 is 0 Å². The molecule has 2 N–H and O–H groups in total. The van der Waals surface area contributed by atoms with Crippen molar-refractivity contribution >= 4 is 10.9 Å². The van der Waals surface area contributed by atoms with E-state index in [-0.39, 0.29) is 0 Å². The number of H-pyrrole nitrogens is 1. The van der Waals surface area contributed by atoms with Crippen LogP contribution in [0.1, 0.15) is 31.7 Å². The van der Waals surface area contributed by atoms with Crippen LogP contribution >= 0.6 is 0 Å². The molecule has 0 amide bonds. The van der Waals surface area contributed by atoms with Crippen molar-refractivity contribution in [1.29, 1.82) is 0 Å². The van der Waals surface area contributed by atoms with E-state index in [1.54, 1.807) is 0 Å². The third kappa shape index (κ3) is 1.74. The molecule has 2 heteroatoms. The Morgan fingerprint density at radius 2 is 2.19 bits per heavy atom. The van der Waals surface area contributed by atoms with Crippen molar-refractivity contribution in [1.82, 2.24) is 10.3 Å². The van der Waals surface area contributed by atoms with Gasteiger partial charge in [0, 0.05) is 23.8 Å². The maximum absolute atomic E-state index is 3.66. The van der Waals surface area contributed by atoms with Crippen LogP contribution in [0.4, 0.5) is 0 Å². The highest BCUT2D eigenvalue weighted by Crippen LogP contribution is 2.31. The molecule has 1 fully saturated rings. The Kier molecular flexibility index (Phi) is 2.25. The Morgan fingerprint density at radius 1 is 1.31 bits per heavy atom. The molecule has 1 heterocycles. The lowest BCUT2D eigenvalue weighted by Crippen LogP contribution is -2.47. The Morgan fingerprint density at radius 3 is 2.94 bits per heavy atom. The minimum atomic E-state index is 0.396. The first kappa shape index (κ1) is 9.91. The van der Waals surface area contributed by atoms with Crippen molar-refractivity contribution in [2.45, 2.75) is 38.3 Å². The summed E-state index contributed by atoms with van der Waals surface area (Å²) in [4.78, 5) is 3.22. The summed E-state index contributed by atoms with van der Waals surface area (Å²) in [5.41, 5.74) is 2.99. The summed E-state index contributed by atoms with van der Waals surface area (Å²) in [6.45, 7) is 3.31. The molecule has 1 saturated carbocycles. The topological polar surface area (TPSA) is 27.8 Å². The first-order valence-corrected chi connectivity index (χ1v) is 6.06. The van der Waals surface area contributed by atoms with Gasteiger partial charge in [-0.3, -0.25) is 0 Å². The summed E-state index contributed by atoms with van der Waals surface area (Å²) in [5.74, 6) is 0. The van der Waals surface area contributed by atoms with Crippen molar-refractivity contribution < 1.29 is 0 Å². The summed E-state index contributed by atoms with van der Waals surface area (Å²) in [7, 11) is 0. The van der Waals surface area contributed by atoms with Crippen LogP contribution in [0.2, 0.25) is 0 Å². The van der Waals surface area contributed by atoms with E-state index in [2.05, 4.69) is 41.5 Å². The number of hydrogen-bond acceptors (Lipinski definition) is 1. The lowest BCUT2D eigenvalue weighted by Gasteiger charge is -2.39. The zero-order valence-electron chi connectivity index (χ0n) is 9.72. The number of rotatable bonds is 3. The molecule has 84 valence electrons. The Labute approximate surface area is 96.1 Å². The molecule has 0 aliphatic heterocycles. The number of benzene rings is 1. The fourth-order valence-electron chi connectivity index (χ4n) is 2.41. The highest BCUT2D eigenvalue weighted by molar-refractivity contribution is 5.79. The number of fused-ring (bicyclic) bond motifs is 1. The third-order valence-electron chi connectivity index (χ3n) is 3.79. The minimum Gasteiger partial charge on any atom is -0.361 e. The van der Waals surface area contributed by atoms with Gasteiger partial charge in [-0.25, -0.2) is 0 Å². The summed E-state index contributed by atoms with van der Waals surface area (Å²) in [5, 5.41) is 4.96. The maximum atomic E-state index is 3.66. The van der Waals surface area contributed by atoms with Gasteiger partial charge in [-0.1, -0.05) is 6.07 Å². The predicted molar refractivity (Wildman–Crippen MR) is 67.4 cm³/mol. The van der Waals surface area contributed by atoms with Crippen LogP contribution in [0.5, 0.6) is 0 Å². The first-order valence-electron chi connectivity index (χ1n) is 6.06. The highest BCUT2D eigenvalue weighted by atomic mass is 15.0. The smallest absolute Gasteiger partial charge is 0.0454 e. The lowest BCUT2D eigenvalue weighted by molar-refractivity contribution is 0.207. The van der Waals surface area contributed by atoms with E-state index in [9.17, 15) is 0 Å². The molecule has 1 aromatic heterocycles. The van der Waals surface area contributed by atoms with E-state index >= 15 is 0 Å². The number of aromatic nitrogens is 1. The fourth-order valence-corrected chi connectivity index (χ4v) is 2.41. The Hall–Kier alpha value is -1.28. The molecule has 0 bridgehead atoms. The zero-order valence-corrected chi connectivity index (χ0v) is 9.72. The second-order valence-corrected chi connectivity index (χ2v) is 5.17. The Balaban J connectivity index is 1.73. The monoisotopic (exact) mass is 214 g/mol. The van der Waals surface area contributed by atoms with Crippen molar-refractivity contribution in [3.8, 4) is 0 Å². The molecule has 16 heavy (non-hydrogen) atoms. The summed E-state index contributed by atoms with van der Waals surface area (Å²) in [6, 6.07) is 8.76. The number of aromatic amines is 1. The van der Waals surface area contributed by atoms with E-state index in [1.165, 1.54) is 35.7 Å². The number of nitrogens with one attached hydrogen (secondary N) is 2. The second kappa shape index (κ2) is 3.63. The summed E-state index contributed by atoms with van der Waals surface area (Å²) < 4.78 is 0. The van der Waals surface area contributed by atoms with E-state index in [4.69, 9.17) is 0 Å². The minimum absolute atomic E-state index is 0.396. The molecular formula is C14H18N2. The van der Waals surface area contributed by atoms with Crippen LogP contribution in [0.15, 0.2) is 30.5 Å². The van der Waals surface area contributed by atoms with Crippen LogP contribution in [-0.4, -0.2) is 10.5 Å². The van der Waals surface area contributed by atoms with Gasteiger partial charge in [-0.15, -0.1) is 0 Å². The van der Waals surface area contributed by atoms with Gasteiger partial charge < -0.3 is 10.3 Å². The normalized spacial score (nSPS) is 18.6. The van der Waals surface area contributed by atoms with Crippen LogP contribution in [0.25, 0.3) is 10.9 Å². The average molecular weight is 214 g/mol. The zero-order chi connectivity index (χ0) is 11.0. The fraction of sp³-hybridized carbons (Fsp3) is 0.429. The highest BCUT2D eigenvalue weighted by Gasteiger charge is 2.30. The molecule has 1 aliphatic rings. The van der Waals surface area contributed by atoms with Gasteiger partial charge in [0.25, 0.3) is 0 Å². The largest absolute Gasteiger partial charge is 0.361 e. The molecule has 1 aromatic carbocycles. The van der Waals surface area contributed by atoms with Crippen molar-refractivity contribution in [2.75, 3.05) is 0 Å². The van der Waals surface area contributed by atoms with Crippen LogP contribution in [0, 0.1) is 0 Å². The van der Waals surface area contributed by atoms with E-state index < -0.39 is 0 Å². The van der Waals surface area contributed by atoms with Gasteiger partial charge in [-0.2, -0.15) is 0 Å². The van der Waals surface area contributed by atoms with Gasteiger partial charge in [0.2, 0.25) is 0 Å².